The van der Waals surface area contributed by atoms with Crippen LogP contribution in [0.5, 0.6) is 0 Å². The molecule has 4 rings (SSSR count). The average Bonchev–Trinajstić information content (AvgIpc) is 3.35. The number of sulfone groups is 1. The number of rotatable bonds is 6. The summed E-state index contributed by atoms with van der Waals surface area (Å²) in [7, 11) is -3.02. The fraction of sp³-hybridized carbons (Fsp3) is 0.579. The molecule has 2 aliphatic heterocycles. The molecule has 0 saturated carbocycles. The van der Waals surface area contributed by atoms with Crippen LogP contribution in [0.15, 0.2) is 30.3 Å². The molecule has 9 nitrogen and oxygen atoms in total. The van der Waals surface area contributed by atoms with Crippen LogP contribution in [-0.4, -0.2) is 88.6 Å². The number of carbonyl (C=O) groups is 1. The number of piperazine rings is 1. The van der Waals surface area contributed by atoms with E-state index >= 15 is 0 Å². The van der Waals surface area contributed by atoms with Crippen LogP contribution in [0, 0.1) is 5.92 Å². The second kappa shape index (κ2) is 8.58. The summed E-state index contributed by atoms with van der Waals surface area (Å²) in [5.74, 6) is 0.664. The highest BCUT2D eigenvalue weighted by Crippen LogP contribution is 2.21. The number of carbonyl (C=O) groups excluding carboxylic acids is 1. The molecule has 3 heterocycles. The maximum Gasteiger partial charge on any atom is 0.226 e. The zero-order valence-corrected chi connectivity index (χ0v) is 17.2. The van der Waals surface area contributed by atoms with Gasteiger partial charge in [-0.3, -0.25) is 9.69 Å². The molecule has 10 heteroatoms. The van der Waals surface area contributed by atoms with E-state index in [-0.39, 0.29) is 23.3 Å². The number of hydrogen-bond acceptors (Lipinski definition) is 7. The highest BCUT2D eigenvalue weighted by atomic mass is 32.2. The molecule has 1 aromatic heterocycles. The van der Waals surface area contributed by atoms with E-state index in [1.165, 1.54) is 0 Å². The van der Waals surface area contributed by atoms with Crippen molar-refractivity contribution in [1.82, 2.24) is 30.0 Å². The van der Waals surface area contributed by atoms with E-state index in [9.17, 15) is 13.2 Å². The van der Waals surface area contributed by atoms with Crippen molar-refractivity contribution in [2.75, 3.05) is 44.2 Å². The molecule has 29 heavy (non-hydrogen) atoms. The Morgan fingerprint density at radius 1 is 1.10 bits per heavy atom. The molecule has 2 aromatic rings. The van der Waals surface area contributed by atoms with Gasteiger partial charge in [-0.25, -0.2) is 8.42 Å². The first-order chi connectivity index (χ1) is 14.0. The maximum atomic E-state index is 12.6. The first-order valence-corrected chi connectivity index (χ1v) is 11.9. The molecule has 0 radical (unpaired) electrons. The number of aromatic nitrogens is 4. The van der Waals surface area contributed by atoms with Gasteiger partial charge in [0, 0.05) is 32.6 Å². The molecule has 1 amide bonds. The minimum Gasteiger partial charge on any atom is -0.340 e. The summed E-state index contributed by atoms with van der Waals surface area (Å²) in [6.07, 6.45) is 2.18. The van der Waals surface area contributed by atoms with Crippen LogP contribution in [0.2, 0.25) is 0 Å². The third-order valence-electron chi connectivity index (χ3n) is 5.68. The minimum absolute atomic E-state index is 0.00719. The Bertz CT molecular complexity index is 938. The molecule has 2 fully saturated rings. The fourth-order valence-corrected chi connectivity index (χ4v) is 5.76. The highest BCUT2D eigenvalue weighted by Gasteiger charge is 2.36. The second-order valence-corrected chi connectivity index (χ2v) is 9.94. The maximum absolute atomic E-state index is 12.6. The topological polar surface area (TPSA) is 101 Å². The Kier molecular flexibility index (Phi) is 5.91. The number of aryl methyl sites for hydroxylation is 1. The largest absolute Gasteiger partial charge is 0.340 e. The lowest BCUT2D eigenvalue weighted by atomic mass is 10.1. The summed E-state index contributed by atoms with van der Waals surface area (Å²) in [5.41, 5.74) is 0.952. The average molecular weight is 419 g/mol. The van der Waals surface area contributed by atoms with Gasteiger partial charge in [-0.05, 0) is 41.9 Å². The van der Waals surface area contributed by atoms with Crippen LogP contribution in [0.1, 0.15) is 18.7 Å². The second-order valence-electron chi connectivity index (χ2n) is 7.71. The quantitative estimate of drug-likeness (QED) is 0.659. The molecule has 0 aliphatic carbocycles. The molecule has 0 spiro atoms. The zero-order chi connectivity index (χ0) is 20.3. The van der Waals surface area contributed by atoms with E-state index < -0.39 is 9.84 Å². The third kappa shape index (κ3) is 4.81. The Balaban J connectivity index is 1.22. The fourth-order valence-electron chi connectivity index (χ4n) is 4.03. The van der Waals surface area contributed by atoms with Crippen LogP contribution in [0.4, 0.5) is 0 Å². The molecular weight excluding hydrogens is 392 g/mol. The number of benzene rings is 1. The van der Waals surface area contributed by atoms with E-state index in [1.807, 2.05) is 35.2 Å². The van der Waals surface area contributed by atoms with Crippen molar-refractivity contribution in [3.63, 3.8) is 0 Å². The van der Waals surface area contributed by atoms with Crippen LogP contribution in [0.25, 0.3) is 5.69 Å². The van der Waals surface area contributed by atoms with Gasteiger partial charge in [0.2, 0.25) is 5.91 Å². The predicted molar refractivity (Wildman–Crippen MR) is 107 cm³/mol. The number of para-hydroxylation sites is 1. The summed E-state index contributed by atoms with van der Waals surface area (Å²) in [5, 5.41) is 12.0. The standard InChI is InChI=1S/C19H26N6O3S/c26-19(16-8-14-29(27,28)15-16)24-12-10-23(11-13-24)9-4-7-18-20-21-22-25(18)17-5-2-1-3-6-17/h1-3,5-6,16H,4,7-15H2/t16-/m1/s1. The molecule has 0 bridgehead atoms. The van der Waals surface area contributed by atoms with Gasteiger partial charge < -0.3 is 4.90 Å². The van der Waals surface area contributed by atoms with Crippen molar-refractivity contribution in [3.05, 3.63) is 36.2 Å². The first kappa shape index (κ1) is 20.0. The number of amides is 1. The smallest absolute Gasteiger partial charge is 0.226 e. The normalized spacial score (nSPS) is 22.1. The van der Waals surface area contributed by atoms with Gasteiger partial charge in [0.05, 0.1) is 23.1 Å². The van der Waals surface area contributed by atoms with Crippen molar-refractivity contribution in [3.8, 4) is 5.69 Å². The summed E-state index contributed by atoms with van der Waals surface area (Å²) >= 11 is 0. The van der Waals surface area contributed by atoms with Gasteiger partial charge in [0.1, 0.15) is 0 Å². The Morgan fingerprint density at radius 3 is 2.55 bits per heavy atom. The highest BCUT2D eigenvalue weighted by molar-refractivity contribution is 7.91. The van der Waals surface area contributed by atoms with Crippen molar-refractivity contribution in [2.45, 2.75) is 19.3 Å². The lowest BCUT2D eigenvalue weighted by Gasteiger charge is -2.35. The molecule has 156 valence electrons. The van der Waals surface area contributed by atoms with Crippen molar-refractivity contribution in [2.24, 2.45) is 5.92 Å². The van der Waals surface area contributed by atoms with Gasteiger partial charge in [-0.15, -0.1) is 5.10 Å². The monoisotopic (exact) mass is 418 g/mol. The minimum atomic E-state index is -3.02. The Labute approximate surface area is 170 Å². The Hall–Kier alpha value is -2.33. The number of tetrazole rings is 1. The van der Waals surface area contributed by atoms with Gasteiger partial charge in [0.15, 0.2) is 15.7 Å². The van der Waals surface area contributed by atoms with Gasteiger partial charge in [0.25, 0.3) is 0 Å². The van der Waals surface area contributed by atoms with Crippen LogP contribution < -0.4 is 0 Å². The predicted octanol–water partition coefficient (Wildman–Crippen LogP) is 0.174. The molecule has 2 saturated heterocycles. The van der Waals surface area contributed by atoms with Crippen molar-refractivity contribution >= 4 is 15.7 Å². The summed E-state index contributed by atoms with van der Waals surface area (Å²) in [6.45, 7) is 3.87. The number of hydrogen-bond donors (Lipinski definition) is 0. The third-order valence-corrected chi connectivity index (χ3v) is 7.44. The van der Waals surface area contributed by atoms with Crippen LogP contribution in [-0.2, 0) is 21.1 Å². The zero-order valence-electron chi connectivity index (χ0n) is 16.4. The summed E-state index contributed by atoms with van der Waals surface area (Å²) in [4.78, 5) is 16.7. The van der Waals surface area contributed by atoms with E-state index in [1.54, 1.807) is 4.68 Å². The van der Waals surface area contributed by atoms with E-state index in [0.29, 0.717) is 19.5 Å². The SMILES string of the molecule is O=C([C@@H]1CCS(=O)(=O)C1)N1CCN(CCCc2nnnn2-c2ccccc2)CC1. The van der Waals surface area contributed by atoms with Crippen LogP contribution in [0.3, 0.4) is 0 Å². The molecule has 2 aliphatic rings. The summed E-state index contributed by atoms with van der Waals surface area (Å²) in [6, 6.07) is 9.84. The van der Waals surface area contributed by atoms with E-state index in [0.717, 1.165) is 44.0 Å². The lowest BCUT2D eigenvalue weighted by molar-refractivity contribution is -0.136. The molecule has 0 N–H and O–H groups in total. The molecule has 1 atom stereocenters. The summed E-state index contributed by atoms with van der Waals surface area (Å²) < 4.78 is 25.0. The van der Waals surface area contributed by atoms with Crippen molar-refractivity contribution < 1.29 is 13.2 Å². The molecule has 0 unspecified atom stereocenters. The van der Waals surface area contributed by atoms with Gasteiger partial charge >= 0.3 is 0 Å². The van der Waals surface area contributed by atoms with Crippen LogP contribution >= 0.6 is 0 Å². The van der Waals surface area contributed by atoms with Gasteiger partial charge in [-0.2, -0.15) is 4.68 Å². The van der Waals surface area contributed by atoms with E-state index in [2.05, 4.69) is 20.4 Å². The van der Waals surface area contributed by atoms with Gasteiger partial charge in [-0.1, -0.05) is 18.2 Å². The lowest BCUT2D eigenvalue weighted by Crippen LogP contribution is -2.50. The van der Waals surface area contributed by atoms with Crippen molar-refractivity contribution in [1.29, 1.82) is 0 Å². The molecule has 1 aromatic carbocycles. The first-order valence-electron chi connectivity index (χ1n) is 10.1. The Morgan fingerprint density at radius 2 is 1.86 bits per heavy atom. The van der Waals surface area contributed by atoms with E-state index in [4.69, 9.17) is 0 Å². The number of nitrogens with zero attached hydrogens (tertiary/aromatic N) is 6. The molecular formula is C19H26N6O3S.